The van der Waals surface area contributed by atoms with Crippen molar-refractivity contribution in [3.8, 4) is 0 Å². The Morgan fingerprint density at radius 1 is 1.38 bits per heavy atom. The van der Waals surface area contributed by atoms with Crippen LogP contribution >= 0.6 is 0 Å². The van der Waals surface area contributed by atoms with E-state index in [-0.39, 0.29) is 0 Å². The average molecular weight is 222 g/mol. The molecule has 0 amide bonds. The molecule has 0 radical (unpaired) electrons. The molecule has 4 heteroatoms. The lowest BCUT2D eigenvalue weighted by Gasteiger charge is -2.21. The molecular weight excluding hydrogens is 204 g/mol. The van der Waals surface area contributed by atoms with E-state index >= 15 is 0 Å². The van der Waals surface area contributed by atoms with Gasteiger partial charge in [0.15, 0.2) is 0 Å². The Labute approximate surface area is 95.8 Å². The number of pyridine rings is 1. The second-order valence-electron chi connectivity index (χ2n) is 4.12. The van der Waals surface area contributed by atoms with Crippen molar-refractivity contribution in [3.05, 3.63) is 23.9 Å². The quantitative estimate of drug-likeness (QED) is 0.840. The van der Waals surface area contributed by atoms with Gasteiger partial charge in [0.05, 0.1) is 18.9 Å². The summed E-state index contributed by atoms with van der Waals surface area (Å²) in [6.45, 7) is 3.07. The average Bonchev–Trinajstić information content (AvgIpc) is 2.30. The van der Waals surface area contributed by atoms with Gasteiger partial charge in [-0.2, -0.15) is 0 Å². The summed E-state index contributed by atoms with van der Waals surface area (Å²) in [5.74, 6) is 1.18. The fourth-order valence-electron chi connectivity index (χ4n) is 1.82. The SMILES string of the molecule is Nc1cccc(COCC2CCOCC2)n1. The predicted molar refractivity (Wildman–Crippen MR) is 61.8 cm³/mol. The molecule has 88 valence electrons. The van der Waals surface area contributed by atoms with Crippen molar-refractivity contribution in [2.45, 2.75) is 19.4 Å². The lowest BCUT2D eigenvalue weighted by Crippen LogP contribution is -2.20. The Kier molecular flexibility index (Phi) is 4.13. The van der Waals surface area contributed by atoms with Gasteiger partial charge in [0.1, 0.15) is 5.82 Å². The third kappa shape index (κ3) is 3.47. The Morgan fingerprint density at radius 3 is 2.94 bits per heavy atom. The molecule has 1 aliphatic rings. The van der Waals surface area contributed by atoms with E-state index in [1.54, 1.807) is 6.07 Å². The number of ether oxygens (including phenoxy) is 2. The highest BCUT2D eigenvalue weighted by Gasteiger charge is 2.13. The van der Waals surface area contributed by atoms with Crippen LogP contribution in [-0.2, 0) is 16.1 Å². The van der Waals surface area contributed by atoms with Crippen molar-refractivity contribution in [2.75, 3.05) is 25.6 Å². The number of nitrogens with zero attached hydrogens (tertiary/aromatic N) is 1. The highest BCUT2D eigenvalue weighted by Crippen LogP contribution is 2.15. The molecule has 2 heterocycles. The summed E-state index contributed by atoms with van der Waals surface area (Å²) in [5.41, 5.74) is 6.49. The molecular formula is C12H18N2O2. The van der Waals surface area contributed by atoms with Gasteiger partial charge in [-0.25, -0.2) is 4.98 Å². The number of aromatic nitrogens is 1. The van der Waals surface area contributed by atoms with Crippen LogP contribution in [0.25, 0.3) is 0 Å². The fraction of sp³-hybridized carbons (Fsp3) is 0.583. The van der Waals surface area contributed by atoms with Crippen LogP contribution in [0.15, 0.2) is 18.2 Å². The Bertz CT molecular complexity index is 325. The third-order valence-corrected chi connectivity index (χ3v) is 2.77. The molecule has 0 atom stereocenters. The Balaban J connectivity index is 1.71. The number of rotatable bonds is 4. The number of anilines is 1. The van der Waals surface area contributed by atoms with Gasteiger partial charge in [-0.05, 0) is 30.9 Å². The molecule has 16 heavy (non-hydrogen) atoms. The first-order valence-corrected chi connectivity index (χ1v) is 5.71. The largest absolute Gasteiger partial charge is 0.384 e. The van der Waals surface area contributed by atoms with Gasteiger partial charge >= 0.3 is 0 Å². The number of hydrogen-bond donors (Lipinski definition) is 1. The van der Waals surface area contributed by atoms with Gasteiger partial charge in [0.25, 0.3) is 0 Å². The molecule has 0 saturated carbocycles. The lowest BCUT2D eigenvalue weighted by molar-refractivity contribution is 0.0150. The monoisotopic (exact) mass is 222 g/mol. The molecule has 1 saturated heterocycles. The summed E-state index contributed by atoms with van der Waals surface area (Å²) < 4.78 is 10.9. The topological polar surface area (TPSA) is 57.4 Å². The normalized spacial score (nSPS) is 17.5. The molecule has 0 unspecified atom stereocenters. The van der Waals surface area contributed by atoms with Gasteiger partial charge in [-0.15, -0.1) is 0 Å². The highest BCUT2D eigenvalue weighted by molar-refractivity contribution is 5.28. The minimum absolute atomic E-state index is 0.544. The molecule has 0 aliphatic carbocycles. The number of nitrogen functional groups attached to an aromatic ring is 1. The zero-order chi connectivity index (χ0) is 11.2. The van der Waals surface area contributed by atoms with E-state index in [0.29, 0.717) is 18.3 Å². The third-order valence-electron chi connectivity index (χ3n) is 2.77. The second kappa shape index (κ2) is 5.82. The van der Waals surface area contributed by atoms with Gasteiger partial charge in [-0.3, -0.25) is 0 Å². The van der Waals surface area contributed by atoms with Gasteiger partial charge in [0.2, 0.25) is 0 Å². The van der Waals surface area contributed by atoms with Gasteiger partial charge < -0.3 is 15.2 Å². The minimum atomic E-state index is 0.544. The van der Waals surface area contributed by atoms with Crippen LogP contribution in [0.3, 0.4) is 0 Å². The van der Waals surface area contributed by atoms with Crippen molar-refractivity contribution in [1.82, 2.24) is 4.98 Å². The Morgan fingerprint density at radius 2 is 2.19 bits per heavy atom. The number of nitrogens with two attached hydrogens (primary N) is 1. The first-order valence-electron chi connectivity index (χ1n) is 5.71. The van der Waals surface area contributed by atoms with E-state index in [4.69, 9.17) is 15.2 Å². The molecule has 0 spiro atoms. The van der Waals surface area contributed by atoms with Crippen LogP contribution in [0.5, 0.6) is 0 Å². The van der Waals surface area contributed by atoms with E-state index in [1.807, 2.05) is 12.1 Å². The zero-order valence-corrected chi connectivity index (χ0v) is 9.39. The molecule has 2 N–H and O–H groups in total. The van der Waals surface area contributed by atoms with Crippen LogP contribution in [-0.4, -0.2) is 24.8 Å². The van der Waals surface area contributed by atoms with Crippen molar-refractivity contribution >= 4 is 5.82 Å². The zero-order valence-electron chi connectivity index (χ0n) is 9.39. The maximum absolute atomic E-state index is 5.64. The van der Waals surface area contributed by atoms with E-state index in [0.717, 1.165) is 38.4 Å². The van der Waals surface area contributed by atoms with Crippen LogP contribution in [0.4, 0.5) is 5.82 Å². The van der Waals surface area contributed by atoms with Gasteiger partial charge in [-0.1, -0.05) is 6.07 Å². The highest BCUT2D eigenvalue weighted by atomic mass is 16.5. The maximum Gasteiger partial charge on any atom is 0.123 e. The summed E-state index contributed by atoms with van der Waals surface area (Å²) in [4.78, 5) is 4.18. The summed E-state index contributed by atoms with van der Waals surface area (Å²) in [7, 11) is 0. The second-order valence-corrected chi connectivity index (χ2v) is 4.12. The summed E-state index contributed by atoms with van der Waals surface area (Å²) >= 11 is 0. The van der Waals surface area contributed by atoms with Gasteiger partial charge in [0, 0.05) is 13.2 Å². The van der Waals surface area contributed by atoms with Crippen molar-refractivity contribution in [3.63, 3.8) is 0 Å². The lowest BCUT2D eigenvalue weighted by atomic mass is 10.0. The first kappa shape index (κ1) is 11.4. The van der Waals surface area contributed by atoms with Crippen LogP contribution < -0.4 is 5.73 Å². The first-order chi connectivity index (χ1) is 7.84. The van der Waals surface area contributed by atoms with E-state index in [9.17, 15) is 0 Å². The molecule has 0 aromatic carbocycles. The molecule has 0 bridgehead atoms. The van der Waals surface area contributed by atoms with Crippen LogP contribution in [0.1, 0.15) is 18.5 Å². The van der Waals surface area contributed by atoms with E-state index in [2.05, 4.69) is 4.98 Å². The minimum Gasteiger partial charge on any atom is -0.384 e. The van der Waals surface area contributed by atoms with E-state index in [1.165, 1.54) is 0 Å². The molecule has 2 rings (SSSR count). The Hall–Kier alpha value is -1.13. The molecule has 1 aromatic rings. The van der Waals surface area contributed by atoms with E-state index < -0.39 is 0 Å². The smallest absolute Gasteiger partial charge is 0.123 e. The fourth-order valence-corrected chi connectivity index (χ4v) is 1.82. The molecule has 1 fully saturated rings. The van der Waals surface area contributed by atoms with Crippen molar-refractivity contribution in [2.24, 2.45) is 5.92 Å². The van der Waals surface area contributed by atoms with Crippen LogP contribution in [0, 0.1) is 5.92 Å². The molecule has 4 nitrogen and oxygen atoms in total. The molecule has 1 aromatic heterocycles. The van der Waals surface area contributed by atoms with Crippen molar-refractivity contribution < 1.29 is 9.47 Å². The summed E-state index contributed by atoms with van der Waals surface area (Å²) in [5, 5.41) is 0. The maximum atomic E-state index is 5.64. The summed E-state index contributed by atoms with van der Waals surface area (Å²) in [6.07, 6.45) is 2.20. The predicted octanol–water partition coefficient (Wildman–Crippen LogP) is 1.61. The summed E-state index contributed by atoms with van der Waals surface area (Å²) in [6, 6.07) is 5.61. The standard InChI is InChI=1S/C12H18N2O2/c13-12-3-1-2-11(14-12)9-16-8-10-4-6-15-7-5-10/h1-3,10H,4-9H2,(H2,13,14). The van der Waals surface area contributed by atoms with Crippen molar-refractivity contribution in [1.29, 1.82) is 0 Å². The van der Waals surface area contributed by atoms with Crippen LogP contribution in [0.2, 0.25) is 0 Å². The molecule has 1 aliphatic heterocycles. The number of hydrogen-bond acceptors (Lipinski definition) is 4.